The quantitative estimate of drug-likeness (QED) is 0.866. The molecule has 6 heteroatoms. The van der Waals surface area contributed by atoms with Crippen LogP contribution >= 0.6 is 0 Å². The molecule has 6 nitrogen and oxygen atoms in total. The lowest BCUT2D eigenvalue weighted by molar-refractivity contribution is 0.0999. The number of hydrogen-bond acceptors (Lipinski definition) is 4. The molecule has 2 fully saturated rings. The molecule has 4 N–H and O–H groups in total. The molecule has 1 aromatic rings. The van der Waals surface area contributed by atoms with E-state index >= 15 is 0 Å². The number of amides is 1. The number of anilines is 1. The number of nitrogens with two attached hydrogens (primary N) is 2. The van der Waals surface area contributed by atoms with Crippen molar-refractivity contribution in [3.8, 4) is 6.07 Å². The van der Waals surface area contributed by atoms with Crippen LogP contribution in [0.2, 0.25) is 0 Å². The zero-order valence-corrected chi connectivity index (χ0v) is 12.1. The topological polar surface area (TPSA) is 111 Å². The van der Waals surface area contributed by atoms with E-state index in [2.05, 4.69) is 11.2 Å². The number of nitrogens with zero attached hydrogens (tertiary/aromatic N) is 3. The van der Waals surface area contributed by atoms with Gasteiger partial charge in [-0.25, -0.2) is 0 Å². The molecule has 2 aliphatic rings. The number of carbonyl (C=O) groups is 1. The van der Waals surface area contributed by atoms with Crippen LogP contribution in [0.25, 0.3) is 0 Å². The summed E-state index contributed by atoms with van der Waals surface area (Å²) in [7, 11) is 0. The number of carbonyl (C=O) groups excluding carboxylic acids is 1. The van der Waals surface area contributed by atoms with Gasteiger partial charge in [-0.2, -0.15) is 10.4 Å². The Hall–Kier alpha value is -2.03. The zero-order chi connectivity index (χ0) is 15.0. The van der Waals surface area contributed by atoms with E-state index in [1.165, 1.54) is 25.7 Å². The average molecular weight is 287 g/mol. The summed E-state index contributed by atoms with van der Waals surface area (Å²) in [6.07, 6.45) is 9.61. The Morgan fingerprint density at radius 1 is 1.43 bits per heavy atom. The smallest absolute Gasteiger partial charge is 0.254 e. The van der Waals surface area contributed by atoms with Crippen molar-refractivity contribution in [2.24, 2.45) is 17.1 Å². The first-order valence-electron chi connectivity index (χ1n) is 7.59. The van der Waals surface area contributed by atoms with E-state index in [-0.39, 0.29) is 23.3 Å². The van der Waals surface area contributed by atoms with Crippen molar-refractivity contribution in [1.82, 2.24) is 9.78 Å². The van der Waals surface area contributed by atoms with Crippen LogP contribution in [0.5, 0.6) is 0 Å². The Labute approximate surface area is 124 Å². The first-order chi connectivity index (χ1) is 10.0. The van der Waals surface area contributed by atoms with Gasteiger partial charge in [-0.15, -0.1) is 0 Å². The molecule has 1 unspecified atom stereocenters. The minimum atomic E-state index is -0.574. The van der Waals surface area contributed by atoms with Gasteiger partial charge in [0.05, 0.1) is 18.0 Å². The highest BCUT2D eigenvalue weighted by Gasteiger charge is 2.43. The summed E-state index contributed by atoms with van der Waals surface area (Å²) in [4.78, 5) is 11.3. The largest absolute Gasteiger partial charge is 0.382 e. The molecular weight excluding hydrogens is 266 g/mol. The molecule has 0 aromatic carbocycles. The molecule has 1 spiro atoms. The molecule has 1 aromatic heterocycles. The van der Waals surface area contributed by atoms with E-state index in [4.69, 9.17) is 11.5 Å². The number of primary amides is 1. The molecule has 112 valence electrons. The van der Waals surface area contributed by atoms with E-state index in [1.54, 1.807) is 10.9 Å². The normalized spacial score (nSPS) is 27.6. The summed E-state index contributed by atoms with van der Waals surface area (Å²) < 4.78 is 1.69. The molecule has 2 aliphatic carbocycles. The minimum Gasteiger partial charge on any atom is -0.382 e. The number of hydrogen-bond donors (Lipinski definition) is 2. The summed E-state index contributed by atoms with van der Waals surface area (Å²) >= 11 is 0. The standard InChI is InChI=1S/C15H21N5O/c16-8-10-7-15(4-1-2-5-15)6-3-12(10)20-9-11(14(18)21)13(17)19-20/h9-10,12H,1-7H2,(H2,17,19)(H2,18,21)/t10-,12?/m0/s1. The fraction of sp³-hybridized carbons (Fsp3) is 0.667. The molecule has 0 radical (unpaired) electrons. The number of rotatable bonds is 2. The van der Waals surface area contributed by atoms with Crippen LogP contribution in [0.4, 0.5) is 5.82 Å². The summed E-state index contributed by atoms with van der Waals surface area (Å²) in [6.45, 7) is 0. The molecule has 3 rings (SSSR count). The second-order valence-corrected chi connectivity index (χ2v) is 6.53. The highest BCUT2D eigenvalue weighted by atomic mass is 16.1. The maximum Gasteiger partial charge on any atom is 0.254 e. The van der Waals surface area contributed by atoms with Crippen molar-refractivity contribution in [3.05, 3.63) is 11.8 Å². The SMILES string of the molecule is N#C[C@@H]1CC2(CCCC2)CCC1n1cc(C(N)=O)c(N)n1. The second kappa shape index (κ2) is 5.06. The summed E-state index contributed by atoms with van der Waals surface area (Å²) in [5, 5.41) is 13.7. The molecule has 0 bridgehead atoms. The Morgan fingerprint density at radius 2 is 2.14 bits per heavy atom. The first-order valence-corrected chi connectivity index (χ1v) is 7.59. The third-order valence-electron chi connectivity index (χ3n) is 5.28. The maximum atomic E-state index is 11.3. The van der Waals surface area contributed by atoms with Crippen LogP contribution in [0, 0.1) is 22.7 Å². The van der Waals surface area contributed by atoms with Gasteiger partial charge < -0.3 is 11.5 Å². The van der Waals surface area contributed by atoms with Crippen molar-refractivity contribution in [1.29, 1.82) is 5.26 Å². The van der Waals surface area contributed by atoms with Crippen LogP contribution in [-0.2, 0) is 0 Å². The second-order valence-electron chi connectivity index (χ2n) is 6.53. The third kappa shape index (κ3) is 2.37. The molecule has 2 saturated carbocycles. The summed E-state index contributed by atoms with van der Waals surface area (Å²) in [5.74, 6) is -0.493. The van der Waals surface area contributed by atoms with Gasteiger partial charge in [-0.1, -0.05) is 12.8 Å². The van der Waals surface area contributed by atoms with E-state index < -0.39 is 5.91 Å². The van der Waals surface area contributed by atoms with Gasteiger partial charge in [0.1, 0.15) is 5.56 Å². The van der Waals surface area contributed by atoms with Crippen LogP contribution in [0.1, 0.15) is 61.3 Å². The Bertz CT molecular complexity index is 594. The first kappa shape index (κ1) is 13.9. The highest BCUT2D eigenvalue weighted by molar-refractivity contribution is 5.96. The number of nitrogen functional groups attached to an aromatic ring is 1. The maximum absolute atomic E-state index is 11.3. The van der Waals surface area contributed by atoms with Gasteiger partial charge in [0.15, 0.2) is 5.82 Å². The fourth-order valence-electron chi connectivity index (χ4n) is 4.15. The zero-order valence-electron chi connectivity index (χ0n) is 12.1. The monoisotopic (exact) mass is 287 g/mol. The van der Waals surface area contributed by atoms with E-state index in [1.807, 2.05) is 0 Å². The van der Waals surface area contributed by atoms with Gasteiger partial charge in [0.25, 0.3) is 5.91 Å². The van der Waals surface area contributed by atoms with Gasteiger partial charge in [0, 0.05) is 6.20 Å². The molecular formula is C15H21N5O. The van der Waals surface area contributed by atoms with Crippen molar-refractivity contribution in [3.63, 3.8) is 0 Å². The van der Waals surface area contributed by atoms with Crippen molar-refractivity contribution in [2.45, 2.75) is 51.0 Å². The van der Waals surface area contributed by atoms with Gasteiger partial charge >= 0.3 is 0 Å². The van der Waals surface area contributed by atoms with E-state index in [0.29, 0.717) is 5.41 Å². The van der Waals surface area contributed by atoms with Crippen molar-refractivity contribution < 1.29 is 4.79 Å². The Balaban J connectivity index is 1.84. The lowest BCUT2D eigenvalue weighted by Crippen LogP contribution is -2.33. The average Bonchev–Trinajstić information content (AvgIpc) is 3.06. The number of aromatic nitrogens is 2. The lowest BCUT2D eigenvalue weighted by Gasteiger charge is -2.40. The van der Waals surface area contributed by atoms with E-state index in [9.17, 15) is 10.1 Å². The van der Waals surface area contributed by atoms with Crippen LogP contribution in [0.15, 0.2) is 6.20 Å². The molecule has 0 aliphatic heterocycles. The molecule has 1 heterocycles. The van der Waals surface area contributed by atoms with Crippen molar-refractivity contribution in [2.75, 3.05) is 5.73 Å². The van der Waals surface area contributed by atoms with Crippen LogP contribution < -0.4 is 11.5 Å². The third-order valence-corrected chi connectivity index (χ3v) is 5.28. The molecule has 1 amide bonds. The number of nitriles is 1. The summed E-state index contributed by atoms with van der Waals surface area (Å²) in [6, 6.07) is 2.44. The molecule has 2 atom stereocenters. The van der Waals surface area contributed by atoms with Crippen molar-refractivity contribution >= 4 is 11.7 Å². The lowest BCUT2D eigenvalue weighted by atomic mass is 9.67. The predicted octanol–water partition coefficient (Wildman–Crippen LogP) is 1.99. The Kier molecular flexibility index (Phi) is 3.36. The summed E-state index contributed by atoms with van der Waals surface area (Å²) in [5.41, 5.74) is 11.6. The predicted molar refractivity (Wildman–Crippen MR) is 78.0 cm³/mol. The van der Waals surface area contributed by atoms with Gasteiger partial charge in [-0.3, -0.25) is 9.48 Å². The van der Waals surface area contributed by atoms with Crippen LogP contribution in [-0.4, -0.2) is 15.7 Å². The van der Waals surface area contributed by atoms with E-state index in [0.717, 1.165) is 19.3 Å². The molecule has 0 saturated heterocycles. The van der Waals surface area contributed by atoms with Gasteiger partial charge in [0.2, 0.25) is 0 Å². The Morgan fingerprint density at radius 3 is 2.71 bits per heavy atom. The molecule has 21 heavy (non-hydrogen) atoms. The van der Waals surface area contributed by atoms with Gasteiger partial charge in [-0.05, 0) is 37.5 Å². The minimum absolute atomic E-state index is 0.00313. The fourth-order valence-corrected chi connectivity index (χ4v) is 4.15. The van der Waals surface area contributed by atoms with Crippen LogP contribution in [0.3, 0.4) is 0 Å². The highest BCUT2D eigenvalue weighted by Crippen LogP contribution is 2.53.